The smallest absolute Gasteiger partial charge is 0.0195 e. The maximum Gasteiger partial charge on any atom is 0.0195 e. The van der Waals surface area contributed by atoms with Crippen molar-refractivity contribution in [1.29, 1.82) is 0 Å². The first kappa shape index (κ1) is 5.10. The Morgan fingerprint density at radius 3 is 2.43 bits per heavy atom. The van der Waals surface area contributed by atoms with Gasteiger partial charge >= 0.3 is 0 Å². The van der Waals surface area contributed by atoms with Gasteiger partial charge in [0.15, 0.2) is 0 Å². The first-order chi connectivity index (χ1) is 3.29. The summed E-state index contributed by atoms with van der Waals surface area (Å²) in [6, 6.07) is 0.875. The first-order valence-electron chi connectivity index (χ1n) is 3.02. The molecule has 1 heterocycles. The van der Waals surface area contributed by atoms with Gasteiger partial charge in [-0.05, 0) is 12.3 Å². The van der Waals surface area contributed by atoms with Crippen molar-refractivity contribution in [2.75, 3.05) is 6.54 Å². The molecule has 1 rings (SSSR count). The van der Waals surface area contributed by atoms with E-state index in [1.54, 1.807) is 0 Å². The molecule has 1 unspecified atom stereocenters. The molecule has 0 saturated carbocycles. The summed E-state index contributed by atoms with van der Waals surface area (Å²) >= 11 is 0. The van der Waals surface area contributed by atoms with Gasteiger partial charge in [0.05, 0.1) is 0 Å². The summed E-state index contributed by atoms with van der Waals surface area (Å²) in [5.74, 6) is 0.875. The Kier molecular flexibility index (Phi) is 1.33. The minimum Gasteiger partial charge on any atom is -0.311 e. The van der Waals surface area contributed by atoms with Crippen molar-refractivity contribution in [3.05, 3.63) is 0 Å². The molecule has 0 amide bonds. The summed E-state index contributed by atoms with van der Waals surface area (Å²) in [5.41, 5.74) is 0. The zero-order valence-electron chi connectivity index (χ0n) is 5.07. The van der Waals surface area contributed by atoms with Gasteiger partial charge in [-0.2, -0.15) is 0 Å². The first-order valence-corrected chi connectivity index (χ1v) is 3.02. The van der Waals surface area contributed by atoms with E-state index in [2.05, 4.69) is 19.2 Å². The molecule has 42 valence electrons. The summed E-state index contributed by atoms with van der Waals surface area (Å²) in [4.78, 5) is 0. The van der Waals surface area contributed by atoms with E-state index in [-0.39, 0.29) is 0 Å². The molecule has 1 heteroatoms. The summed E-state index contributed by atoms with van der Waals surface area (Å²) in [5, 5.41) is 3.27. The van der Waals surface area contributed by atoms with E-state index >= 15 is 0 Å². The fourth-order valence-electron chi connectivity index (χ4n) is 0.819. The second-order valence-electron chi connectivity index (χ2n) is 2.73. The van der Waals surface area contributed by atoms with Crippen molar-refractivity contribution in [3.63, 3.8) is 0 Å². The Morgan fingerprint density at radius 1 is 1.71 bits per heavy atom. The number of nitrogens with one attached hydrogen (secondary N) is 1. The summed E-state index contributed by atoms with van der Waals surface area (Å²) in [6.07, 6.45) is 1.36. The Hall–Kier alpha value is -0.0400. The van der Waals surface area contributed by atoms with Gasteiger partial charge < -0.3 is 5.32 Å². The van der Waals surface area contributed by atoms with Crippen LogP contribution in [0.15, 0.2) is 0 Å². The largest absolute Gasteiger partial charge is 0.311 e. The third kappa shape index (κ3) is 1.93. The van der Waals surface area contributed by atoms with Crippen LogP contribution in [0.5, 0.6) is 0 Å². The Balaban J connectivity index is 1.97. The molecular formula is C6H13N. The molecule has 1 atom stereocenters. The van der Waals surface area contributed by atoms with Crippen LogP contribution in [0.2, 0.25) is 0 Å². The predicted octanol–water partition coefficient (Wildman–Crippen LogP) is 1.00. The van der Waals surface area contributed by atoms with Gasteiger partial charge in [0.2, 0.25) is 0 Å². The molecule has 0 aliphatic carbocycles. The highest BCUT2D eigenvalue weighted by molar-refractivity contribution is 4.83. The zero-order chi connectivity index (χ0) is 5.28. The van der Waals surface area contributed by atoms with Crippen molar-refractivity contribution in [3.8, 4) is 0 Å². The fourth-order valence-corrected chi connectivity index (χ4v) is 0.819. The van der Waals surface area contributed by atoms with E-state index in [0.29, 0.717) is 0 Å². The standard InChI is InChI=1S/C6H13N/c1-5(2)3-6-4-7-6/h5-7H,3-4H2,1-2H3. The highest BCUT2D eigenvalue weighted by atomic mass is 15.1. The normalized spacial score (nSPS) is 28.7. The van der Waals surface area contributed by atoms with E-state index in [1.165, 1.54) is 13.0 Å². The van der Waals surface area contributed by atoms with Gasteiger partial charge in [0.25, 0.3) is 0 Å². The van der Waals surface area contributed by atoms with E-state index in [0.717, 1.165) is 12.0 Å². The molecule has 0 bridgehead atoms. The zero-order valence-corrected chi connectivity index (χ0v) is 5.07. The molecule has 1 nitrogen and oxygen atoms in total. The van der Waals surface area contributed by atoms with Gasteiger partial charge in [-0.15, -0.1) is 0 Å². The van der Waals surface area contributed by atoms with Crippen LogP contribution in [0.1, 0.15) is 20.3 Å². The minimum atomic E-state index is 0.875. The van der Waals surface area contributed by atoms with Gasteiger partial charge in [0, 0.05) is 12.6 Å². The van der Waals surface area contributed by atoms with Gasteiger partial charge in [-0.3, -0.25) is 0 Å². The lowest BCUT2D eigenvalue weighted by Gasteiger charge is -1.97. The highest BCUT2D eigenvalue weighted by Gasteiger charge is 2.19. The molecular weight excluding hydrogens is 86.1 g/mol. The highest BCUT2D eigenvalue weighted by Crippen LogP contribution is 2.10. The van der Waals surface area contributed by atoms with E-state index in [4.69, 9.17) is 0 Å². The summed E-state index contributed by atoms with van der Waals surface area (Å²) in [7, 11) is 0. The number of hydrogen-bond donors (Lipinski definition) is 1. The minimum absolute atomic E-state index is 0.875. The van der Waals surface area contributed by atoms with E-state index in [9.17, 15) is 0 Å². The second-order valence-corrected chi connectivity index (χ2v) is 2.73. The Morgan fingerprint density at radius 2 is 2.29 bits per heavy atom. The monoisotopic (exact) mass is 99.1 g/mol. The lowest BCUT2D eigenvalue weighted by atomic mass is 10.1. The molecule has 0 radical (unpaired) electrons. The number of rotatable bonds is 2. The molecule has 7 heavy (non-hydrogen) atoms. The Bertz CT molecular complexity index is 55.2. The number of hydrogen-bond acceptors (Lipinski definition) is 1. The lowest BCUT2D eigenvalue weighted by molar-refractivity contribution is 0.580. The third-order valence-corrected chi connectivity index (χ3v) is 1.25. The van der Waals surface area contributed by atoms with Gasteiger partial charge in [0.1, 0.15) is 0 Å². The van der Waals surface area contributed by atoms with Crippen molar-refractivity contribution in [1.82, 2.24) is 5.32 Å². The molecule has 1 N–H and O–H groups in total. The molecule has 0 aromatic carbocycles. The SMILES string of the molecule is CC(C)CC1CN1. The van der Waals surface area contributed by atoms with Gasteiger partial charge in [-0.25, -0.2) is 0 Å². The van der Waals surface area contributed by atoms with E-state index in [1.807, 2.05) is 0 Å². The van der Waals surface area contributed by atoms with Gasteiger partial charge in [-0.1, -0.05) is 13.8 Å². The maximum atomic E-state index is 3.27. The van der Waals surface area contributed by atoms with Crippen LogP contribution in [0.4, 0.5) is 0 Å². The Labute approximate surface area is 45.1 Å². The third-order valence-electron chi connectivity index (χ3n) is 1.25. The van der Waals surface area contributed by atoms with Crippen LogP contribution in [0.3, 0.4) is 0 Å². The molecule has 1 aliphatic rings. The molecule has 1 saturated heterocycles. The van der Waals surface area contributed by atoms with Crippen LogP contribution in [0, 0.1) is 5.92 Å². The molecule has 1 aliphatic heterocycles. The molecule has 0 aromatic rings. The van der Waals surface area contributed by atoms with Crippen LogP contribution >= 0.6 is 0 Å². The topological polar surface area (TPSA) is 21.9 Å². The average Bonchev–Trinajstić information content (AvgIpc) is 2.17. The van der Waals surface area contributed by atoms with E-state index < -0.39 is 0 Å². The molecule has 0 spiro atoms. The van der Waals surface area contributed by atoms with Crippen molar-refractivity contribution in [2.24, 2.45) is 5.92 Å². The van der Waals surface area contributed by atoms with Crippen LogP contribution in [-0.4, -0.2) is 12.6 Å². The average molecular weight is 99.2 g/mol. The van der Waals surface area contributed by atoms with Crippen molar-refractivity contribution in [2.45, 2.75) is 26.3 Å². The fraction of sp³-hybridized carbons (Fsp3) is 1.00. The van der Waals surface area contributed by atoms with Crippen LogP contribution < -0.4 is 5.32 Å². The van der Waals surface area contributed by atoms with Crippen molar-refractivity contribution >= 4 is 0 Å². The maximum absolute atomic E-state index is 3.27. The quantitative estimate of drug-likeness (QED) is 0.513. The second kappa shape index (κ2) is 1.83. The predicted molar refractivity (Wildman–Crippen MR) is 31.2 cm³/mol. The summed E-state index contributed by atoms with van der Waals surface area (Å²) < 4.78 is 0. The van der Waals surface area contributed by atoms with Crippen LogP contribution in [-0.2, 0) is 0 Å². The molecule has 0 aromatic heterocycles. The summed E-state index contributed by atoms with van der Waals surface area (Å²) in [6.45, 7) is 5.79. The van der Waals surface area contributed by atoms with Crippen LogP contribution in [0.25, 0.3) is 0 Å². The lowest BCUT2D eigenvalue weighted by Crippen LogP contribution is -1.95. The molecule has 1 fully saturated rings. The van der Waals surface area contributed by atoms with Crippen molar-refractivity contribution < 1.29 is 0 Å².